The zero-order chi connectivity index (χ0) is 17.3. The van der Waals surface area contributed by atoms with Gasteiger partial charge in [0.25, 0.3) is 0 Å². The van der Waals surface area contributed by atoms with Gasteiger partial charge in [-0.1, -0.05) is 42.5 Å². The maximum Gasteiger partial charge on any atom is 0.165 e. The van der Waals surface area contributed by atoms with E-state index in [1.165, 1.54) is 16.8 Å². The Bertz CT molecular complexity index is 907. The molecular weight excluding hydrogens is 326 g/mol. The Morgan fingerprint density at radius 3 is 2.85 bits per heavy atom. The summed E-state index contributed by atoms with van der Waals surface area (Å²) in [6.07, 6.45) is 2.79. The molecule has 0 saturated carbocycles. The van der Waals surface area contributed by atoms with Crippen molar-refractivity contribution in [3.05, 3.63) is 77.4 Å². The van der Waals surface area contributed by atoms with Crippen LogP contribution in [0.25, 0.3) is 0 Å². The molecule has 5 rings (SSSR count). The van der Waals surface area contributed by atoms with Crippen LogP contribution >= 0.6 is 0 Å². The number of H-pyrrole nitrogens is 1. The first kappa shape index (κ1) is 15.5. The van der Waals surface area contributed by atoms with Gasteiger partial charge >= 0.3 is 0 Å². The Labute approximate surface area is 152 Å². The van der Waals surface area contributed by atoms with Gasteiger partial charge in [-0.25, -0.2) is 4.98 Å². The number of aromatic amines is 1. The van der Waals surface area contributed by atoms with Gasteiger partial charge in [0.15, 0.2) is 11.5 Å². The summed E-state index contributed by atoms with van der Waals surface area (Å²) in [4.78, 5) is 10.4. The molecule has 0 amide bonds. The molecule has 0 spiro atoms. The second-order valence-electron chi connectivity index (χ2n) is 6.74. The Morgan fingerprint density at radius 2 is 1.92 bits per heavy atom. The van der Waals surface area contributed by atoms with E-state index in [9.17, 15) is 0 Å². The highest BCUT2D eigenvalue weighted by Gasteiger charge is 2.31. The molecule has 2 aliphatic heterocycles. The number of hydrogen-bond donors (Lipinski definition) is 1. The van der Waals surface area contributed by atoms with Crippen molar-refractivity contribution in [2.75, 3.05) is 19.8 Å². The van der Waals surface area contributed by atoms with Crippen LogP contribution in [0.2, 0.25) is 0 Å². The van der Waals surface area contributed by atoms with Gasteiger partial charge in [-0.15, -0.1) is 0 Å². The molecule has 2 aromatic carbocycles. The SMILES string of the molecule is c1ccc(C2c3nc[nH]c3CCN2Cc2cccc3c2OCCO3)cc1. The lowest BCUT2D eigenvalue weighted by Gasteiger charge is -2.36. The molecule has 0 radical (unpaired) electrons. The fourth-order valence-corrected chi connectivity index (χ4v) is 3.98. The second-order valence-corrected chi connectivity index (χ2v) is 6.74. The highest BCUT2D eigenvalue weighted by molar-refractivity contribution is 5.47. The average molecular weight is 347 g/mol. The van der Waals surface area contributed by atoms with Crippen LogP contribution in [0.15, 0.2) is 54.9 Å². The van der Waals surface area contributed by atoms with Gasteiger partial charge < -0.3 is 14.5 Å². The van der Waals surface area contributed by atoms with Gasteiger partial charge in [-0.05, 0) is 11.6 Å². The number of nitrogens with zero attached hydrogens (tertiary/aromatic N) is 2. The molecule has 5 heteroatoms. The normalized spacial score (nSPS) is 19.2. The molecule has 26 heavy (non-hydrogen) atoms. The molecule has 5 nitrogen and oxygen atoms in total. The average Bonchev–Trinajstić information content (AvgIpc) is 3.17. The van der Waals surface area contributed by atoms with Crippen LogP contribution < -0.4 is 9.47 Å². The van der Waals surface area contributed by atoms with Gasteiger partial charge in [0.2, 0.25) is 0 Å². The van der Waals surface area contributed by atoms with Crippen molar-refractivity contribution >= 4 is 0 Å². The summed E-state index contributed by atoms with van der Waals surface area (Å²) in [7, 11) is 0. The highest BCUT2D eigenvalue weighted by atomic mass is 16.6. The number of ether oxygens (including phenoxy) is 2. The van der Waals surface area contributed by atoms with Crippen molar-refractivity contribution in [2.24, 2.45) is 0 Å². The monoisotopic (exact) mass is 347 g/mol. The van der Waals surface area contributed by atoms with Crippen molar-refractivity contribution in [1.29, 1.82) is 0 Å². The molecule has 2 aliphatic rings. The Kier molecular flexibility index (Phi) is 3.87. The molecule has 1 N–H and O–H groups in total. The van der Waals surface area contributed by atoms with E-state index in [2.05, 4.69) is 51.3 Å². The number of rotatable bonds is 3. The maximum absolute atomic E-state index is 5.92. The first-order chi connectivity index (χ1) is 12.9. The number of nitrogens with one attached hydrogen (secondary N) is 1. The van der Waals surface area contributed by atoms with Crippen LogP contribution in [0.4, 0.5) is 0 Å². The lowest BCUT2D eigenvalue weighted by Crippen LogP contribution is -2.36. The van der Waals surface area contributed by atoms with E-state index in [0.717, 1.165) is 36.7 Å². The smallest absolute Gasteiger partial charge is 0.165 e. The largest absolute Gasteiger partial charge is 0.486 e. The molecule has 3 heterocycles. The lowest BCUT2D eigenvalue weighted by molar-refractivity contribution is 0.161. The molecule has 0 saturated heterocycles. The summed E-state index contributed by atoms with van der Waals surface area (Å²) in [6, 6.07) is 16.9. The Morgan fingerprint density at radius 1 is 1.04 bits per heavy atom. The van der Waals surface area contributed by atoms with Gasteiger partial charge in [-0.2, -0.15) is 0 Å². The van der Waals surface area contributed by atoms with Crippen LogP contribution in [0.3, 0.4) is 0 Å². The summed E-state index contributed by atoms with van der Waals surface area (Å²) in [5.74, 6) is 1.74. The number of para-hydroxylation sites is 1. The molecule has 1 aromatic heterocycles. The number of hydrogen-bond acceptors (Lipinski definition) is 4. The Hall–Kier alpha value is -2.79. The third kappa shape index (κ3) is 2.65. The van der Waals surface area contributed by atoms with Crippen LogP contribution in [0.5, 0.6) is 11.5 Å². The third-order valence-corrected chi connectivity index (χ3v) is 5.16. The fraction of sp³-hybridized carbons (Fsp3) is 0.286. The van der Waals surface area contributed by atoms with E-state index in [1.807, 2.05) is 18.5 Å². The molecule has 0 fully saturated rings. The maximum atomic E-state index is 5.92. The van der Waals surface area contributed by atoms with E-state index < -0.39 is 0 Å². The minimum atomic E-state index is 0.145. The van der Waals surface area contributed by atoms with Crippen molar-refractivity contribution in [1.82, 2.24) is 14.9 Å². The van der Waals surface area contributed by atoms with Crippen molar-refractivity contribution in [3.8, 4) is 11.5 Å². The van der Waals surface area contributed by atoms with Crippen molar-refractivity contribution in [3.63, 3.8) is 0 Å². The quantitative estimate of drug-likeness (QED) is 0.790. The number of aromatic nitrogens is 2. The number of fused-ring (bicyclic) bond motifs is 2. The topological polar surface area (TPSA) is 50.4 Å². The number of imidazole rings is 1. The third-order valence-electron chi connectivity index (χ3n) is 5.16. The summed E-state index contributed by atoms with van der Waals surface area (Å²) in [5, 5.41) is 0. The molecule has 1 unspecified atom stereocenters. The lowest BCUT2D eigenvalue weighted by atomic mass is 9.95. The summed E-state index contributed by atoms with van der Waals surface area (Å²) < 4.78 is 11.7. The van der Waals surface area contributed by atoms with E-state index in [0.29, 0.717) is 13.2 Å². The zero-order valence-corrected chi connectivity index (χ0v) is 14.5. The molecule has 0 aliphatic carbocycles. The van der Waals surface area contributed by atoms with E-state index in [4.69, 9.17) is 9.47 Å². The zero-order valence-electron chi connectivity index (χ0n) is 14.5. The van der Waals surface area contributed by atoms with E-state index >= 15 is 0 Å². The van der Waals surface area contributed by atoms with Crippen LogP contribution in [-0.4, -0.2) is 34.6 Å². The fourth-order valence-electron chi connectivity index (χ4n) is 3.98. The molecule has 132 valence electrons. The van der Waals surface area contributed by atoms with Crippen LogP contribution in [0, 0.1) is 0 Å². The van der Waals surface area contributed by atoms with Gasteiger partial charge in [0.05, 0.1) is 18.1 Å². The van der Waals surface area contributed by atoms with Crippen molar-refractivity contribution in [2.45, 2.75) is 19.0 Å². The van der Waals surface area contributed by atoms with E-state index in [1.54, 1.807) is 0 Å². The van der Waals surface area contributed by atoms with Crippen molar-refractivity contribution < 1.29 is 9.47 Å². The molecule has 0 bridgehead atoms. The standard InChI is InChI=1S/C21H21N3O2/c1-2-5-15(6-3-1)20-19-17(22-14-23-19)9-10-24(20)13-16-7-4-8-18-21(16)26-12-11-25-18/h1-8,14,20H,9-13H2,(H,22,23). The predicted octanol–water partition coefficient (Wildman–Crippen LogP) is 3.33. The van der Waals surface area contributed by atoms with E-state index in [-0.39, 0.29) is 6.04 Å². The van der Waals surface area contributed by atoms with Gasteiger partial charge in [0, 0.05) is 30.8 Å². The Balaban J connectivity index is 1.52. The first-order valence-electron chi connectivity index (χ1n) is 9.09. The molecule has 1 atom stereocenters. The summed E-state index contributed by atoms with van der Waals surface area (Å²) in [6.45, 7) is 3.00. The highest BCUT2D eigenvalue weighted by Crippen LogP contribution is 2.38. The van der Waals surface area contributed by atoms with Gasteiger partial charge in [-0.3, -0.25) is 4.90 Å². The molecular formula is C21H21N3O2. The first-order valence-corrected chi connectivity index (χ1v) is 9.09. The summed E-state index contributed by atoms with van der Waals surface area (Å²) >= 11 is 0. The number of benzene rings is 2. The van der Waals surface area contributed by atoms with Crippen LogP contribution in [-0.2, 0) is 13.0 Å². The minimum Gasteiger partial charge on any atom is -0.486 e. The summed E-state index contributed by atoms with van der Waals surface area (Å²) in [5.41, 5.74) is 4.80. The second kappa shape index (κ2) is 6.50. The predicted molar refractivity (Wildman–Crippen MR) is 98.4 cm³/mol. The van der Waals surface area contributed by atoms with Gasteiger partial charge in [0.1, 0.15) is 13.2 Å². The minimum absolute atomic E-state index is 0.145. The molecule has 3 aromatic rings. The van der Waals surface area contributed by atoms with Crippen LogP contribution in [0.1, 0.15) is 28.6 Å².